The van der Waals surface area contributed by atoms with E-state index < -0.39 is 0 Å². The minimum absolute atomic E-state index is 0.700. The fraction of sp³-hybridized carbons (Fsp3) is 0.231. The highest BCUT2D eigenvalue weighted by atomic mass is 16.1. The molecule has 0 radical (unpaired) electrons. The standard InChI is InChI=1S/C13H14N2O/c1-3-13-12(8-15(2)14-13)11-6-4-10(9-16)5-7-11/h4-9H,3H2,1-2H3. The monoisotopic (exact) mass is 214 g/mol. The van der Waals surface area contributed by atoms with Crippen LogP contribution < -0.4 is 0 Å². The topological polar surface area (TPSA) is 34.9 Å². The molecule has 1 aromatic carbocycles. The smallest absolute Gasteiger partial charge is 0.150 e. The van der Waals surface area contributed by atoms with Gasteiger partial charge >= 0.3 is 0 Å². The van der Waals surface area contributed by atoms with Crippen molar-refractivity contribution in [3.8, 4) is 11.1 Å². The van der Waals surface area contributed by atoms with Gasteiger partial charge in [0.05, 0.1) is 5.69 Å². The van der Waals surface area contributed by atoms with E-state index >= 15 is 0 Å². The van der Waals surface area contributed by atoms with Gasteiger partial charge in [0.25, 0.3) is 0 Å². The molecule has 0 spiro atoms. The molecule has 0 aliphatic carbocycles. The fourth-order valence-corrected chi connectivity index (χ4v) is 1.78. The van der Waals surface area contributed by atoms with Crippen molar-refractivity contribution in [3.05, 3.63) is 41.7 Å². The van der Waals surface area contributed by atoms with E-state index in [1.807, 2.05) is 42.2 Å². The third kappa shape index (κ3) is 1.89. The van der Waals surface area contributed by atoms with Gasteiger partial charge in [0.15, 0.2) is 0 Å². The van der Waals surface area contributed by atoms with Crippen molar-refractivity contribution >= 4 is 6.29 Å². The van der Waals surface area contributed by atoms with Crippen LogP contribution in [0, 0.1) is 0 Å². The maximum atomic E-state index is 10.6. The Labute approximate surface area is 94.7 Å². The Bertz CT molecular complexity index is 497. The molecule has 0 saturated carbocycles. The predicted molar refractivity (Wildman–Crippen MR) is 63.4 cm³/mol. The fourth-order valence-electron chi connectivity index (χ4n) is 1.78. The first-order valence-electron chi connectivity index (χ1n) is 5.32. The van der Waals surface area contributed by atoms with Crippen LogP contribution in [0.25, 0.3) is 11.1 Å². The van der Waals surface area contributed by atoms with Crippen molar-refractivity contribution in [2.24, 2.45) is 7.05 Å². The van der Waals surface area contributed by atoms with Crippen LogP contribution in [0.2, 0.25) is 0 Å². The number of carbonyl (C=O) groups excluding carboxylic acids is 1. The van der Waals surface area contributed by atoms with E-state index in [-0.39, 0.29) is 0 Å². The quantitative estimate of drug-likeness (QED) is 0.736. The number of aldehydes is 1. The molecule has 0 N–H and O–H groups in total. The highest BCUT2D eigenvalue weighted by Crippen LogP contribution is 2.23. The molecule has 0 atom stereocenters. The molecule has 0 aliphatic rings. The first-order valence-corrected chi connectivity index (χ1v) is 5.32. The summed E-state index contributed by atoms with van der Waals surface area (Å²) < 4.78 is 1.82. The molecule has 3 heteroatoms. The Morgan fingerprint density at radius 3 is 2.56 bits per heavy atom. The molecular formula is C13H14N2O. The molecular weight excluding hydrogens is 200 g/mol. The van der Waals surface area contributed by atoms with Crippen molar-refractivity contribution in [1.29, 1.82) is 0 Å². The average Bonchev–Trinajstić information content (AvgIpc) is 2.70. The molecule has 0 saturated heterocycles. The molecule has 0 aliphatic heterocycles. The van der Waals surface area contributed by atoms with Crippen molar-refractivity contribution in [1.82, 2.24) is 9.78 Å². The largest absolute Gasteiger partial charge is 0.298 e. The summed E-state index contributed by atoms with van der Waals surface area (Å²) >= 11 is 0. The van der Waals surface area contributed by atoms with Gasteiger partial charge in [0, 0.05) is 24.4 Å². The highest BCUT2D eigenvalue weighted by Gasteiger charge is 2.07. The van der Waals surface area contributed by atoms with Gasteiger partial charge in [-0.3, -0.25) is 9.48 Å². The van der Waals surface area contributed by atoms with Crippen LogP contribution >= 0.6 is 0 Å². The SMILES string of the molecule is CCc1nn(C)cc1-c1ccc(C=O)cc1. The number of benzene rings is 1. The second-order valence-corrected chi connectivity index (χ2v) is 3.76. The van der Waals surface area contributed by atoms with Gasteiger partial charge < -0.3 is 0 Å². The zero-order valence-corrected chi connectivity index (χ0v) is 9.47. The van der Waals surface area contributed by atoms with Crippen LogP contribution in [0.3, 0.4) is 0 Å². The lowest BCUT2D eigenvalue weighted by Gasteiger charge is -2.00. The van der Waals surface area contributed by atoms with Gasteiger partial charge in [-0.2, -0.15) is 5.10 Å². The molecule has 0 amide bonds. The summed E-state index contributed by atoms with van der Waals surface area (Å²) in [6, 6.07) is 7.57. The first-order chi connectivity index (χ1) is 7.74. The second kappa shape index (κ2) is 4.31. The Hall–Kier alpha value is -1.90. The molecule has 0 bridgehead atoms. The molecule has 2 aromatic rings. The average molecular weight is 214 g/mol. The van der Waals surface area contributed by atoms with Crippen LogP contribution in [0.1, 0.15) is 23.0 Å². The van der Waals surface area contributed by atoms with E-state index in [2.05, 4.69) is 12.0 Å². The summed E-state index contributed by atoms with van der Waals surface area (Å²) in [4.78, 5) is 10.6. The third-order valence-corrected chi connectivity index (χ3v) is 2.60. The van der Waals surface area contributed by atoms with Crippen LogP contribution in [0.5, 0.6) is 0 Å². The lowest BCUT2D eigenvalue weighted by atomic mass is 10.0. The normalized spacial score (nSPS) is 10.4. The molecule has 0 fully saturated rings. The molecule has 0 unspecified atom stereocenters. The molecule has 82 valence electrons. The number of aryl methyl sites for hydroxylation is 2. The van der Waals surface area contributed by atoms with Gasteiger partial charge in [0.2, 0.25) is 0 Å². The maximum Gasteiger partial charge on any atom is 0.150 e. The van der Waals surface area contributed by atoms with Crippen molar-refractivity contribution in [2.45, 2.75) is 13.3 Å². The van der Waals surface area contributed by atoms with Gasteiger partial charge in [-0.25, -0.2) is 0 Å². The van der Waals surface area contributed by atoms with E-state index in [0.29, 0.717) is 5.56 Å². The van der Waals surface area contributed by atoms with E-state index in [0.717, 1.165) is 29.5 Å². The van der Waals surface area contributed by atoms with Gasteiger partial charge in [0.1, 0.15) is 6.29 Å². The summed E-state index contributed by atoms with van der Waals surface area (Å²) in [6.07, 6.45) is 3.77. The molecule has 2 rings (SSSR count). The summed E-state index contributed by atoms with van der Waals surface area (Å²) in [5.41, 5.74) is 4.03. The second-order valence-electron chi connectivity index (χ2n) is 3.76. The summed E-state index contributed by atoms with van der Waals surface area (Å²) in [5, 5.41) is 4.40. The van der Waals surface area contributed by atoms with E-state index in [1.54, 1.807) is 0 Å². The molecule has 3 nitrogen and oxygen atoms in total. The lowest BCUT2D eigenvalue weighted by molar-refractivity contribution is 0.112. The molecule has 1 aromatic heterocycles. The lowest BCUT2D eigenvalue weighted by Crippen LogP contribution is -1.89. The number of nitrogens with zero attached hydrogens (tertiary/aromatic N) is 2. The van der Waals surface area contributed by atoms with Gasteiger partial charge in [-0.05, 0) is 12.0 Å². The zero-order chi connectivity index (χ0) is 11.5. The van der Waals surface area contributed by atoms with Crippen LogP contribution in [-0.4, -0.2) is 16.1 Å². The first kappa shape index (κ1) is 10.6. The Morgan fingerprint density at radius 2 is 2.00 bits per heavy atom. The number of rotatable bonds is 3. The minimum Gasteiger partial charge on any atom is -0.298 e. The minimum atomic E-state index is 0.700. The number of carbonyl (C=O) groups is 1. The maximum absolute atomic E-state index is 10.6. The zero-order valence-electron chi connectivity index (χ0n) is 9.47. The van der Waals surface area contributed by atoms with Gasteiger partial charge in [-0.1, -0.05) is 31.2 Å². The van der Waals surface area contributed by atoms with Gasteiger partial charge in [-0.15, -0.1) is 0 Å². The van der Waals surface area contributed by atoms with E-state index in [1.165, 1.54) is 0 Å². The highest BCUT2D eigenvalue weighted by molar-refractivity contribution is 5.77. The number of hydrogen-bond donors (Lipinski definition) is 0. The van der Waals surface area contributed by atoms with E-state index in [9.17, 15) is 4.79 Å². The Morgan fingerprint density at radius 1 is 1.31 bits per heavy atom. The Balaban J connectivity index is 2.45. The molecule has 16 heavy (non-hydrogen) atoms. The number of aromatic nitrogens is 2. The van der Waals surface area contributed by atoms with Crippen molar-refractivity contribution < 1.29 is 4.79 Å². The van der Waals surface area contributed by atoms with E-state index in [4.69, 9.17) is 0 Å². The summed E-state index contributed by atoms with van der Waals surface area (Å²) in [5.74, 6) is 0. The van der Waals surface area contributed by atoms with Crippen molar-refractivity contribution in [2.75, 3.05) is 0 Å². The summed E-state index contributed by atoms with van der Waals surface area (Å²) in [7, 11) is 1.92. The van der Waals surface area contributed by atoms with Crippen LogP contribution in [0.15, 0.2) is 30.5 Å². The summed E-state index contributed by atoms with van der Waals surface area (Å²) in [6.45, 7) is 2.09. The third-order valence-electron chi connectivity index (χ3n) is 2.60. The van der Waals surface area contributed by atoms with Crippen LogP contribution in [0.4, 0.5) is 0 Å². The van der Waals surface area contributed by atoms with Crippen LogP contribution in [-0.2, 0) is 13.5 Å². The molecule has 1 heterocycles. The van der Waals surface area contributed by atoms with Crippen molar-refractivity contribution in [3.63, 3.8) is 0 Å². The number of hydrogen-bond acceptors (Lipinski definition) is 2. The predicted octanol–water partition coefficient (Wildman–Crippen LogP) is 2.46. The Kier molecular flexibility index (Phi) is 2.86.